The third-order valence-corrected chi connectivity index (χ3v) is 1.84. The first-order valence-electron chi connectivity index (χ1n) is 4.13. The van der Waals surface area contributed by atoms with E-state index in [0.717, 1.165) is 12.2 Å². The summed E-state index contributed by atoms with van der Waals surface area (Å²) in [7, 11) is 0. The van der Waals surface area contributed by atoms with Crippen LogP contribution in [0.3, 0.4) is 0 Å². The van der Waals surface area contributed by atoms with Crippen molar-refractivity contribution in [2.75, 3.05) is 0 Å². The largest absolute Gasteiger partial charge is 0.243 e. The minimum absolute atomic E-state index is 0.759. The number of aryl methyl sites for hydroxylation is 1. The van der Waals surface area contributed by atoms with E-state index in [-0.39, 0.29) is 0 Å². The quantitative estimate of drug-likeness (QED) is 0.741. The van der Waals surface area contributed by atoms with Crippen LogP contribution in [-0.4, -0.2) is 20.6 Å². The SMILES string of the molecule is Cc1cccc(Cc2nnn[nH]2)c1. The first-order chi connectivity index (χ1) is 6.34. The second kappa shape index (κ2) is 3.35. The van der Waals surface area contributed by atoms with E-state index in [1.807, 2.05) is 6.07 Å². The van der Waals surface area contributed by atoms with Gasteiger partial charge in [0.1, 0.15) is 0 Å². The van der Waals surface area contributed by atoms with Crippen LogP contribution in [0.25, 0.3) is 0 Å². The van der Waals surface area contributed by atoms with Gasteiger partial charge < -0.3 is 0 Å². The fraction of sp³-hybridized carbons (Fsp3) is 0.222. The summed E-state index contributed by atoms with van der Waals surface area (Å²) < 4.78 is 0. The predicted molar refractivity (Wildman–Crippen MR) is 48.2 cm³/mol. The summed E-state index contributed by atoms with van der Waals surface area (Å²) in [4.78, 5) is 0. The molecule has 2 aromatic rings. The molecule has 0 atom stereocenters. The number of aromatic nitrogens is 4. The molecule has 0 aliphatic carbocycles. The summed E-state index contributed by atoms with van der Waals surface area (Å²) in [6, 6.07) is 8.30. The van der Waals surface area contributed by atoms with Crippen molar-refractivity contribution in [2.24, 2.45) is 0 Å². The van der Waals surface area contributed by atoms with Gasteiger partial charge in [-0.25, -0.2) is 5.10 Å². The highest BCUT2D eigenvalue weighted by Gasteiger charge is 1.98. The third-order valence-electron chi connectivity index (χ3n) is 1.84. The van der Waals surface area contributed by atoms with Crippen LogP contribution in [-0.2, 0) is 6.42 Å². The van der Waals surface area contributed by atoms with Crippen molar-refractivity contribution in [3.63, 3.8) is 0 Å². The molecule has 0 saturated heterocycles. The van der Waals surface area contributed by atoms with Gasteiger partial charge in [-0.2, -0.15) is 0 Å². The standard InChI is InChI=1S/C9H10N4/c1-7-3-2-4-8(5-7)6-9-10-12-13-11-9/h2-5H,6H2,1H3,(H,10,11,12,13). The number of hydrogen-bond acceptors (Lipinski definition) is 3. The summed E-state index contributed by atoms with van der Waals surface area (Å²) in [5.41, 5.74) is 2.48. The fourth-order valence-electron chi connectivity index (χ4n) is 1.27. The Bertz CT molecular complexity index is 380. The first kappa shape index (κ1) is 7.91. The van der Waals surface area contributed by atoms with Gasteiger partial charge in [0, 0.05) is 6.42 Å². The van der Waals surface area contributed by atoms with Gasteiger partial charge in [-0.1, -0.05) is 29.8 Å². The summed E-state index contributed by atoms with van der Waals surface area (Å²) in [5.74, 6) is 0.797. The lowest BCUT2D eigenvalue weighted by Gasteiger charge is -1.97. The number of rotatable bonds is 2. The molecule has 4 heteroatoms. The third kappa shape index (κ3) is 1.90. The van der Waals surface area contributed by atoms with Crippen LogP contribution in [0.5, 0.6) is 0 Å². The Morgan fingerprint density at radius 1 is 1.38 bits per heavy atom. The van der Waals surface area contributed by atoms with E-state index in [0.29, 0.717) is 0 Å². The minimum atomic E-state index is 0.759. The van der Waals surface area contributed by atoms with Gasteiger partial charge in [0.25, 0.3) is 0 Å². The van der Waals surface area contributed by atoms with Gasteiger partial charge in [0.05, 0.1) is 0 Å². The van der Waals surface area contributed by atoms with Gasteiger partial charge in [-0.05, 0) is 22.9 Å². The van der Waals surface area contributed by atoms with Gasteiger partial charge in [-0.3, -0.25) is 0 Å². The molecule has 13 heavy (non-hydrogen) atoms. The van der Waals surface area contributed by atoms with Gasteiger partial charge in [0.15, 0.2) is 5.82 Å². The zero-order valence-electron chi connectivity index (χ0n) is 7.36. The average Bonchev–Trinajstić information content (AvgIpc) is 2.57. The van der Waals surface area contributed by atoms with Crippen molar-refractivity contribution in [3.8, 4) is 0 Å². The zero-order valence-corrected chi connectivity index (χ0v) is 7.36. The molecule has 0 amide bonds. The van der Waals surface area contributed by atoms with Crippen LogP contribution in [0, 0.1) is 6.92 Å². The normalized spacial score (nSPS) is 10.2. The molecule has 0 fully saturated rings. The second-order valence-electron chi connectivity index (χ2n) is 3.01. The molecule has 1 aromatic carbocycles. The highest BCUT2D eigenvalue weighted by molar-refractivity contribution is 5.24. The Morgan fingerprint density at radius 3 is 3.00 bits per heavy atom. The molecule has 2 rings (SSSR count). The molecular weight excluding hydrogens is 164 g/mol. The number of aromatic amines is 1. The van der Waals surface area contributed by atoms with E-state index >= 15 is 0 Å². The molecule has 1 aromatic heterocycles. The van der Waals surface area contributed by atoms with Crippen LogP contribution in [0.1, 0.15) is 17.0 Å². The highest BCUT2D eigenvalue weighted by Crippen LogP contribution is 2.06. The number of benzene rings is 1. The summed E-state index contributed by atoms with van der Waals surface area (Å²) in [5, 5.41) is 13.6. The Hall–Kier alpha value is -1.71. The van der Waals surface area contributed by atoms with Crippen LogP contribution >= 0.6 is 0 Å². The maximum Gasteiger partial charge on any atom is 0.152 e. The maximum absolute atomic E-state index is 3.82. The molecule has 0 unspecified atom stereocenters. The summed E-state index contributed by atoms with van der Waals surface area (Å²) >= 11 is 0. The molecule has 4 nitrogen and oxygen atoms in total. The Balaban J connectivity index is 2.19. The smallest absolute Gasteiger partial charge is 0.152 e. The van der Waals surface area contributed by atoms with Crippen LogP contribution < -0.4 is 0 Å². The molecular formula is C9H10N4. The Kier molecular flexibility index (Phi) is 2.04. The van der Waals surface area contributed by atoms with Gasteiger partial charge >= 0.3 is 0 Å². The predicted octanol–water partition coefficient (Wildman–Crippen LogP) is 1.10. The number of nitrogens with zero attached hydrogens (tertiary/aromatic N) is 3. The van der Waals surface area contributed by atoms with Crippen molar-refractivity contribution in [1.82, 2.24) is 20.6 Å². The molecule has 0 saturated carbocycles. The van der Waals surface area contributed by atoms with E-state index in [1.165, 1.54) is 11.1 Å². The lowest BCUT2D eigenvalue weighted by molar-refractivity contribution is 0.881. The van der Waals surface area contributed by atoms with E-state index in [9.17, 15) is 0 Å². The number of hydrogen-bond donors (Lipinski definition) is 1. The van der Waals surface area contributed by atoms with Crippen molar-refractivity contribution in [2.45, 2.75) is 13.3 Å². The lowest BCUT2D eigenvalue weighted by Crippen LogP contribution is -1.91. The second-order valence-corrected chi connectivity index (χ2v) is 3.01. The zero-order chi connectivity index (χ0) is 9.10. The highest BCUT2D eigenvalue weighted by atomic mass is 15.5. The first-order valence-corrected chi connectivity index (χ1v) is 4.13. The van der Waals surface area contributed by atoms with Gasteiger partial charge in [-0.15, -0.1) is 5.10 Å². The van der Waals surface area contributed by atoms with E-state index in [4.69, 9.17) is 0 Å². The average molecular weight is 174 g/mol. The minimum Gasteiger partial charge on any atom is -0.243 e. The van der Waals surface area contributed by atoms with Crippen molar-refractivity contribution >= 4 is 0 Å². The van der Waals surface area contributed by atoms with Crippen LogP contribution in [0.2, 0.25) is 0 Å². The summed E-state index contributed by atoms with van der Waals surface area (Å²) in [6.45, 7) is 2.07. The topological polar surface area (TPSA) is 54.5 Å². The van der Waals surface area contributed by atoms with Crippen molar-refractivity contribution in [1.29, 1.82) is 0 Å². The summed E-state index contributed by atoms with van der Waals surface area (Å²) in [6.07, 6.45) is 0.759. The van der Waals surface area contributed by atoms with Crippen molar-refractivity contribution in [3.05, 3.63) is 41.2 Å². The fourth-order valence-corrected chi connectivity index (χ4v) is 1.27. The maximum atomic E-state index is 3.82. The molecule has 1 N–H and O–H groups in total. The van der Waals surface area contributed by atoms with Gasteiger partial charge in [0.2, 0.25) is 0 Å². The Morgan fingerprint density at radius 2 is 2.31 bits per heavy atom. The molecule has 0 spiro atoms. The molecule has 66 valence electrons. The molecule has 1 heterocycles. The van der Waals surface area contributed by atoms with E-state index < -0.39 is 0 Å². The molecule has 0 aliphatic heterocycles. The molecule has 0 radical (unpaired) electrons. The van der Waals surface area contributed by atoms with Crippen LogP contribution in [0.15, 0.2) is 24.3 Å². The number of nitrogens with one attached hydrogen (secondary N) is 1. The Labute approximate surface area is 76.0 Å². The van der Waals surface area contributed by atoms with Crippen molar-refractivity contribution < 1.29 is 0 Å². The molecule has 0 bridgehead atoms. The lowest BCUT2D eigenvalue weighted by atomic mass is 10.1. The monoisotopic (exact) mass is 174 g/mol. The molecule has 0 aliphatic rings. The van der Waals surface area contributed by atoms with E-state index in [2.05, 4.69) is 45.7 Å². The number of H-pyrrole nitrogens is 1. The van der Waals surface area contributed by atoms with Crippen LogP contribution in [0.4, 0.5) is 0 Å². The number of tetrazole rings is 1. The van der Waals surface area contributed by atoms with E-state index in [1.54, 1.807) is 0 Å².